The van der Waals surface area contributed by atoms with Crippen LogP contribution >= 0.6 is 24.0 Å². The van der Waals surface area contributed by atoms with E-state index >= 15 is 0 Å². The van der Waals surface area contributed by atoms with Crippen molar-refractivity contribution in [3.63, 3.8) is 0 Å². The van der Waals surface area contributed by atoms with E-state index in [1.807, 2.05) is 24.3 Å². The number of aliphatic imine (C=N–C) groups is 1. The van der Waals surface area contributed by atoms with Gasteiger partial charge in [0.15, 0.2) is 5.96 Å². The lowest BCUT2D eigenvalue weighted by molar-refractivity contribution is 0.249. The van der Waals surface area contributed by atoms with E-state index in [2.05, 4.69) is 28.1 Å². The molecule has 2 saturated heterocycles. The molecule has 1 aromatic rings. The number of nitrogens with zero attached hydrogens (tertiary/aromatic N) is 4. The quantitative estimate of drug-likeness (QED) is 0.433. The zero-order chi connectivity index (χ0) is 16.8. The van der Waals surface area contributed by atoms with Crippen molar-refractivity contribution in [1.29, 1.82) is 5.26 Å². The fourth-order valence-corrected chi connectivity index (χ4v) is 3.67. The van der Waals surface area contributed by atoms with Crippen LogP contribution in [0.5, 0.6) is 0 Å². The molecule has 25 heavy (non-hydrogen) atoms. The van der Waals surface area contributed by atoms with Crippen LogP contribution in [0.4, 0.5) is 0 Å². The first kappa shape index (κ1) is 20.0. The minimum atomic E-state index is 0. The summed E-state index contributed by atoms with van der Waals surface area (Å²) in [5.41, 5.74) is 1.78. The van der Waals surface area contributed by atoms with Crippen molar-refractivity contribution in [2.24, 2.45) is 4.99 Å². The topological polar surface area (TPSA) is 54.7 Å². The van der Waals surface area contributed by atoms with E-state index in [9.17, 15) is 0 Å². The number of nitriles is 1. The second-order valence-corrected chi connectivity index (χ2v) is 6.61. The fraction of sp³-hybridized carbons (Fsp3) is 0.579. The number of benzene rings is 1. The highest BCUT2D eigenvalue weighted by Crippen LogP contribution is 2.20. The molecule has 1 N–H and O–H groups in total. The molecule has 2 aliphatic rings. The van der Waals surface area contributed by atoms with Crippen molar-refractivity contribution in [3.05, 3.63) is 35.4 Å². The van der Waals surface area contributed by atoms with Gasteiger partial charge in [-0.1, -0.05) is 12.1 Å². The molecule has 2 heterocycles. The molecule has 5 nitrogen and oxygen atoms in total. The maximum Gasteiger partial charge on any atom is 0.194 e. The molecular weight excluding hydrogens is 425 g/mol. The Hall–Kier alpha value is -1.33. The highest BCUT2D eigenvalue weighted by molar-refractivity contribution is 14.0. The second-order valence-electron chi connectivity index (χ2n) is 6.61. The van der Waals surface area contributed by atoms with E-state index in [0.29, 0.717) is 18.2 Å². The van der Waals surface area contributed by atoms with Crippen molar-refractivity contribution >= 4 is 29.9 Å². The number of likely N-dealkylation sites (tertiary alicyclic amines) is 2. The van der Waals surface area contributed by atoms with Gasteiger partial charge in [-0.3, -0.25) is 4.90 Å². The van der Waals surface area contributed by atoms with E-state index in [1.54, 1.807) is 0 Å². The van der Waals surface area contributed by atoms with Crippen LogP contribution in [0.25, 0.3) is 0 Å². The molecule has 1 unspecified atom stereocenters. The highest BCUT2D eigenvalue weighted by atomic mass is 127. The third kappa shape index (κ3) is 5.32. The number of hydrogen-bond acceptors (Lipinski definition) is 3. The minimum absolute atomic E-state index is 0. The molecule has 0 radical (unpaired) electrons. The van der Waals surface area contributed by atoms with Crippen LogP contribution in [0, 0.1) is 11.3 Å². The predicted octanol–water partition coefficient (Wildman–Crippen LogP) is 2.81. The molecule has 0 bridgehead atoms. The molecule has 0 aromatic heterocycles. The lowest BCUT2D eigenvalue weighted by atomic mass is 10.1. The van der Waals surface area contributed by atoms with Crippen LogP contribution in [0.1, 0.15) is 37.3 Å². The summed E-state index contributed by atoms with van der Waals surface area (Å²) in [7, 11) is 0. The number of halogens is 1. The summed E-state index contributed by atoms with van der Waals surface area (Å²) in [6.07, 6.45) is 3.92. The Morgan fingerprint density at radius 1 is 1.32 bits per heavy atom. The highest BCUT2D eigenvalue weighted by Gasteiger charge is 2.30. The van der Waals surface area contributed by atoms with Crippen LogP contribution in [0.3, 0.4) is 0 Å². The fourth-order valence-electron chi connectivity index (χ4n) is 3.67. The molecule has 0 saturated carbocycles. The van der Waals surface area contributed by atoms with E-state index in [1.165, 1.54) is 32.4 Å². The van der Waals surface area contributed by atoms with Crippen molar-refractivity contribution < 1.29 is 0 Å². The molecule has 1 aromatic carbocycles. The summed E-state index contributed by atoms with van der Waals surface area (Å²) in [6, 6.07) is 10.6. The first-order chi connectivity index (χ1) is 11.8. The van der Waals surface area contributed by atoms with Crippen LogP contribution in [-0.4, -0.2) is 54.5 Å². The van der Waals surface area contributed by atoms with Gasteiger partial charge in [-0.25, -0.2) is 4.99 Å². The molecule has 6 heteroatoms. The van der Waals surface area contributed by atoms with Gasteiger partial charge in [0.25, 0.3) is 0 Å². The largest absolute Gasteiger partial charge is 0.357 e. The van der Waals surface area contributed by atoms with Crippen LogP contribution < -0.4 is 5.32 Å². The van der Waals surface area contributed by atoms with Crippen molar-refractivity contribution in [3.8, 4) is 6.07 Å². The first-order valence-corrected chi connectivity index (χ1v) is 9.06. The summed E-state index contributed by atoms with van der Waals surface area (Å²) in [6.45, 7) is 8.26. The smallest absolute Gasteiger partial charge is 0.194 e. The zero-order valence-corrected chi connectivity index (χ0v) is 17.3. The minimum Gasteiger partial charge on any atom is -0.357 e. The molecule has 136 valence electrons. The number of rotatable bonds is 4. The SMILES string of the molecule is CCNC(=NCc1cccc(C#N)c1)N1CCC(N2CCCC2)C1.I. The van der Waals surface area contributed by atoms with Gasteiger partial charge in [0.05, 0.1) is 18.2 Å². The van der Waals surface area contributed by atoms with E-state index in [-0.39, 0.29) is 24.0 Å². The lowest BCUT2D eigenvalue weighted by Crippen LogP contribution is -2.42. The monoisotopic (exact) mass is 453 g/mol. The van der Waals surface area contributed by atoms with Crippen LogP contribution in [0.2, 0.25) is 0 Å². The molecule has 2 aliphatic heterocycles. The lowest BCUT2D eigenvalue weighted by Gasteiger charge is -2.25. The zero-order valence-electron chi connectivity index (χ0n) is 14.9. The first-order valence-electron chi connectivity index (χ1n) is 9.06. The van der Waals surface area contributed by atoms with Gasteiger partial charge in [0.2, 0.25) is 0 Å². The molecule has 1 atom stereocenters. The van der Waals surface area contributed by atoms with Gasteiger partial charge in [-0.2, -0.15) is 5.26 Å². The van der Waals surface area contributed by atoms with E-state index < -0.39 is 0 Å². The van der Waals surface area contributed by atoms with Crippen molar-refractivity contribution in [2.45, 2.75) is 38.8 Å². The van der Waals surface area contributed by atoms with E-state index in [4.69, 9.17) is 10.3 Å². The standard InChI is InChI=1S/C19H27N5.HI/c1-2-21-19(22-14-17-7-5-6-16(12-17)13-20)24-11-8-18(15-24)23-9-3-4-10-23;/h5-7,12,18H,2-4,8-11,14-15H2,1H3,(H,21,22);1H. The summed E-state index contributed by atoms with van der Waals surface area (Å²) in [5.74, 6) is 1.00. The average molecular weight is 453 g/mol. The van der Waals surface area contributed by atoms with Gasteiger partial charge >= 0.3 is 0 Å². The van der Waals surface area contributed by atoms with Crippen molar-refractivity contribution in [2.75, 3.05) is 32.7 Å². The molecular formula is C19H28IN5. The summed E-state index contributed by atoms with van der Waals surface area (Å²) >= 11 is 0. The number of hydrogen-bond donors (Lipinski definition) is 1. The Morgan fingerprint density at radius 2 is 2.12 bits per heavy atom. The molecule has 0 spiro atoms. The van der Waals surface area contributed by atoms with Gasteiger partial charge in [-0.05, 0) is 57.0 Å². The van der Waals surface area contributed by atoms with E-state index in [0.717, 1.165) is 31.2 Å². The Bertz CT molecular complexity index is 618. The normalized spacial score (nSPS) is 21.0. The van der Waals surface area contributed by atoms with Gasteiger partial charge in [0.1, 0.15) is 0 Å². The number of nitrogens with one attached hydrogen (secondary N) is 1. The third-order valence-electron chi connectivity index (χ3n) is 4.92. The number of guanidine groups is 1. The molecule has 0 aliphatic carbocycles. The molecule has 2 fully saturated rings. The molecule has 3 rings (SSSR count). The van der Waals surface area contributed by atoms with Crippen molar-refractivity contribution in [1.82, 2.24) is 15.1 Å². The Balaban J connectivity index is 0.00000225. The summed E-state index contributed by atoms with van der Waals surface area (Å²) in [4.78, 5) is 9.83. The Labute approximate surface area is 168 Å². The van der Waals surface area contributed by atoms with Crippen LogP contribution in [-0.2, 0) is 6.54 Å². The maximum absolute atomic E-state index is 9.02. The maximum atomic E-state index is 9.02. The van der Waals surface area contributed by atoms with Gasteiger partial charge in [0, 0.05) is 25.7 Å². The van der Waals surface area contributed by atoms with Crippen LogP contribution in [0.15, 0.2) is 29.3 Å². The molecule has 0 amide bonds. The average Bonchev–Trinajstić information content (AvgIpc) is 3.29. The Kier molecular flexibility index (Phi) is 7.97. The van der Waals surface area contributed by atoms with Gasteiger partial charge in [-0.15, -0.1) is 24.0 Å². The van der Waals surface area contributed by atoms with Gasteiger partial charge < -0.3 is 10.2 Å². The summed E-state index contributed by atoms with van der Waals surface area (Å²) < 4.78 is 0. The summed E-state index contributed by atoms with van der Waals surface area (Å²) in [5, 5.41) is 12.4. The predicted molar refractivity (Wildman–Crippen MR) is 112 cm³/mol. The Morgan fingerprint density at radius 3 is 2.84 bits per heavy atom. The second kappa shape index (κ2) is 9.97. The third-order valence-corrected chi connectivity index (χ3v) is 4.92.